The maximum atomic E-state index is 13.7. The van der Waals surface area contributed by atoms with Gasteiger partial charge in [0, 0.05) is 0 Å². The van der Waals surface area contributed by atoms with E-state index in [-0.39, 0.29) is 5.69 Å². The van der Waals surface area contributed by atoms with Crippen molar-refractivity contribution in [2.75, 3.05) is 11.9 Å². The predicted octanol–water partition coefficient (Wildman–Crippen LogP) is 3.40. The predicted molar refractivity (Wildman–Crippen MR) is 103 cm³/mol. The monoisotopic (exact) mass is 383 g/mol. The number of benzene rings is 2. The van der Waals surface area contributed by atoms with Crippen molar-refractivity contribution in [1.29, 1.82) is 0 Å². The van der Waals surface area contributed by atoms with Crippen LogP contribution in [0.4, 0.5) is 14.9 Å². The van der Waals surface area contributed by atoms with Gasteiger partial charge >= 0.3 is 6.03 Å². The molecular weight excluding hydrogens is 361 g/mol. The second-order valence-corrected chi connectivity index (χ2v) is 6.72. The van der Waals surface area contributed by atoms with E-state index in [0.717, 1.165) is 17.7 Å². The Morgan fingerprint density at radius 2 is 1.79 bits per heavy atom. The summed E-state index contributed by atoms with van der Waals surface area (Å²) < 4.78 is 13.7. The molecule has 28 heavy (non-hydrogen) atoms. The maximum Gasteiger partial charge on any atom is 0.325 e. The molecule has 0 aromatic heterocycles. The molecule has 1 heterocycles. The van der Waals surface area contributed by atoms with Gasteiger partial charge in [0.1, 0.15) is 17.9 Å². The third-order valence-corrected chi connectivity index (χ3v) is 4.80. The van der Waals surface area contributed by atoms with Crippen LogP contribution in [0, 0.1) is 5.82 Å². The SMILES string of the molecule is CCCCC1(c2ccccc2)NC(=O)N(CC(=O)Nc2ccccc2F)C1=O. The largest absolute Gasteiger partial charge is 0.325 e. The Labute approximate surface area is 162 Å². The molecule has 3 rings (SSSR count). The van der Waals surface area contributed by atoms with E-state index >= 15 is 0 Å². The second-order valence-electron chi connectivity index (χ2n) is 6.72. The number of carbonyl (C=O) groups is 3. The van der Waals surface area contributed by atoms with Crippen molar-refractivity contribution in [2.24, 2.45) is 0 Å². The average Bonchev–Trinajstić information content (AvgIpc) is 2.94. The highest BCUT2D eigenvalue weighted by atomic mass is 19.1. The van der Waals surface area contributed by atoms with Gasteiger partial charge in [-0.3, -0.25) is 14.5 Å². The first-order valence-electron chi connectivity index (χ1n) is 9.22. The smallest absolute Gasteiger partial charge is 0.322 e. The molecule has 0 radical (unpaired) electrons. The normalized spacial score (nSPS) is 18.9. The number of anilines is 1. The molecule has 146 valence electrons. The minimum Gasteiger partial charge on any atom is -0.322 e. The first kappa shape index (κ1) is 19.5. The van der Waals surface area contributed by atoms with Gasteiger partial charge in [-0.2, -0.15) is 0 Å². The van der Waals surface area contributed by atoms with Gasteiger partial charge in [-0.05, 0) is 24.1 Å². The first-order chi connectivity index (χ1) is 13.5. The molecule has 4 amide bonds. The van der Waals surface area contributed by atoms with Gasteiger partial charge in [0.15, 0.2) is 0 Å². The number of hydrogen-bond donors (Lipinski definition) is 2. The lowest BCUT2D eigenvalue weighted by molar-refractivity contribution is -0.134. The highest BCUT2D eigenvalue weighted by molar-refractivity contribution is 6.10. The van der Waals surface area contributed by atoms with E-state index in [1.54, 1.807) is 30.3 Å². The third-order valence-electron chi connectivity index (χ3n) is 4.80. The molecule has 1 unspecified atom stereocenters. The zero-order valence-corrected chi connectivity index (χ0v) is 15.6. The van der Waals surface area contributed by atoms with Crippen LogP contribution < -0.4 is 10.6 Å². The molecule has 2 aromatic carbocycles. The molecule has 1 atom stereocenters. The molecule has 0 aliphatic carbocycles. The van der Waals surface area contributed by atoms with E-state index in [1.807, 2.05) is 13.0 Å². The van der Waals surface area contributed by atoms with Crippen molar-refractivity contribution < 1.29 is 18.8 Å². The summed E-state index contributed by atoms with van der Waals surface area (Å²) in [5, 5.41) is 5.18. The average molecular weight is 383 g/mol. The number of urea groups is 1. The van der Waals surface area contributed by atoms with E-state index in [9.17, 15) is 18.8 Å². The molecule has 0 bridgehead atoms. The molecule has 2 N–H and O–H groups in total. The lowest BCUT2D eigenvalue weighted by atomic mass is 9.85. The zero-order chi connectivity index (χ0) is 20.1. The van der Waals surface area contributed by atoms with Gasteiger partial charge in [-0.15, -0.1) is 0 Å². The van der Waals surface area contributed by atoms with Crippen LogP contribution in [0.25, 0.3) is 0 Å². The van der Waals surface area contributed by atoms with E-state index in [1.165, 1.54) is 18.2 Å². The van der Waals surface area contributed by atoms with E-state index in [4.69, 9.17) is 0 Å². The van der Waals surface area contributed by atoms with Crippen LogP contribution in [0.1, 0.15) is 31.7 Å². The lowest BCUT2D eigenvalue weighted by Crippen LogP contribution is -2.44. The fraction of sp³-hybridized carbons (Fsp3) is 0.286. The number of para-hydroxylation sites is 1. The number of halogens is 1. The molecule has 0 spiro atoms. The van der Waals surface area contributed by atoms with Crippen LogP contribution in [-0.2, 0) is 15.1 Å². The van der Waals surface area contributed by atoms with Gasteiger partial charge in [-0.25, -0.2) is 9.18 Å². The zero-order valence-electron chi connectivity index (χ0n) is 15.6. The molecule has 1 aliphatic rings. The highest BCUT2D eigenvalue weighted by Crippen LogP contribution is 2.34. The number of carbonyl (C=O) groups excluding carboxylic acids is 3. The van der Waals surface area contributed by atoms with Gasteiger partial charge in [0.2, 0.25) is 5.91 Å². The standard InChI is InChI=1S/C21H22FN3O3/c1-2-3-13-21(15-9-5-4-6-10-15)19(27)25(20(28)24-21)14-18(26)23-17-12-8-7-11-16(17)22/h4-12H,2-3,13-14H2,1H3,(H,23,26)(H,24,28). The van der Waals surface area contributed by atoms with Crippen LogP contribution in [0.5, 0.6) is 0 Å². The Bertz CT molecular complexity index is 887. The molecule has 1 aliphatic heterocycles. The van der Waals surface area contributed by atoms with Crippen molar-refractivity contribution in [2.45, 2.75) is 31.7 Å². The van der Waals surface area contributed by atoms with E-state index in [0.29, 0.717) is 12.0 Å². The molecule has 2 aromatic rings. The summed E-state index contributed by atoms with van der Waals surface area (Å²) in [5.41, 5.74) is -0.509. The topological polar surface area (TPSA) is 78.5 Å². The van der Waals surface area contributed by atoms with Crippen LogP contribution >= 0.6 is 0 Å². The summed E-state index contributed by atoms with van der Waals surface area (Å²) in [6.07, 6.45) is 2.02. The Morgan fingerprint density at radius 1 is 1.11 bits per heavy atom. The molecule has 1 saturated heterocycles. The van der Waals surface area contributed by atoms with Crippen LogP contribution in [0.3, 0.4) is 0 Å². The van der Waals surface area contributed by atoms with Crippen molar-refractivity contribution in [1.82, 2.24) is 10.2 Å². The van der Waals surface area contributed by atoms with Crippen molar-refractivity contribution in [3.05, 3.63) is 66.0 Å². The summed E-state index contributed by atoms with van der Waals surface area (Å²) in [6, 6.07) is 14.1. The summed E-state index contributed by atoms with van der Waals surface area (Å²) in [6.45, 7) is 1.51. The molecule has 7 heteroatoms. The molecule has 6 nitrogen and oxygen atoms in total. The summed E-state index contributed by atoms with van der Waals surface area (Å²) in [4.78, 5) is 38.9. The van der Waals surface area contributed by atoms with Gasteiger partial charge in [0.25, 0.3) is 5.91 Å². The van der Waals surface area contributed by atoms with Crippen LogP contribution in [-0.4, -0.2) is 29.3 Å². The number of imide groups is 1. The fourth-order valence-electron chi connectivity index (χ4n) is 3.34. The summed E-state index contributed by atoms with van der Waals surface area (Å²) >= 11 is 0. The Hall–Kier alpha value is -3.22. The Morgan fingerprint density at radius 3 is 2.46 bits per heavy atom. The first-order valence-corrected chi connectivity index (χ1v) is 9.22. The summed E-state index contributed by atoms with van der Waals surface area (Å²) in [7, 11) is 0. The Balaban J connectivity index is 1.81. The van der Waals surface area contributed by atoms with Crippen molar-refractivity contribution >= 4 is 23.5 Å². The van der Waals surface area contributed by atoms with Gasteiger partial charge in [0.05, 0.1) is 5.69 Å². The quantitative estimate of drug-likeness (QED) is 0.720. The van der Waals surface area contributed by atoms with E-state index < -0.39 is 35.7 Å². The lowest BCUT2D eigenvalue weighted by Gasteiger charge is -2.27. The van der Waals surface area contributed by atoms with Crippen molar-refractivity contribution in [3.63, 3.8) is 0 Å². The van der Waals surface area contributed by atoms with Crippen LogP contribution in [0.2, 0.25) is 0 Å². The second kappa shape index (κ2) is 8.21. The highest BCUT2D eigenvalue weighted by Gasteiger charge is 2.52. The number of amides is 4. The number of nitrogens with one attached hydrogen (secondary N) is 2. The maximum absolute atomic E-state index is 13.7. The fourth-order valence-corrected chi connectivity index (χ4v) is 3.34. The van der Waals surface area contributed by atoms with E-state index in [2.05, 4.69) is 10.6 Å². The third kappa shape index (κ3) is 3.74. The summed E-state index contributed by atoms with van der Waals surface area (Å²) in [5.74, 6) is -1.71. The molecular formula is C21H22FN3O3. The number of nitrogens with zero attached hydrogens (tertiary/aromatic N) is 1. The minimum atomic E-state index is -1.19. The number of rotatable bonds is 7. The van der Waals surface area contributed by atoms with Crippen LogP contribution in [0.15, 0.2) is 54.6 Å². The molecule has 1 fully saturated rings. The van der Waals surface area contributed by atoms with Gasteiger partial charge < -0.3 is 10.6 Å². The number of hydrogen-bond acceptors (Lipinski definition) is 3. The van der Waals surface area contributed by atoms with Gasteiger partial charge in [-0.1, -0.05) is 62.2 Å². The Kier molecular flexibility index (Phi) is 5.73. The molecule has 0 saturated carbocycles. The van der Waals surface area contributed by atoms with Crippen molar-refractivity contribution in [3.8, 4) is 0 Å². The number of unbranched alkanes of at least 4 members (excludes halogenated alkanes) is 1. The minimum absolute atomic E-state index is 0.000130.